The Bertz CT molecular complexity index is 866. The van der Waals surface area contributed by atoms with E-state index in [0.717, 1.165) is 35.8 Å². The maximum atomic E-state index is 11.5. The third-order valence-corrected chi connectivity index (χ3v) is 4.30. The molecule has 1 heterocycles. The van der Waals surface area contributed by atoms with Crippen LogP contribution in [0, 0.1) is 0 Å². The Morgan fingerprint density at radius 1 is 0.963 bits per heavy atom. The van der Waals surface area contributed by atoms with Crippen LogP contribution in [0.1, 0.15) is 21.7 Å². The number of hydrogen-bond donors (Lipinski definition) is 1. The van der Waals surface area contributed by atoms with E-state index in [0.29, 0.717) is 12.1 Å². The first-order valence-corrected chi connectivity index (χ1v) is 8.80. The molecule has 0 bridgehead atoms. The third-order valence-electron chi connectivity index (χ3n) is 4.30. The highest BCUT2D eigenvalue weighted by atomic mass is 16.5. The summed E-state index contributed by atoms with van der Waals surface area (Å²) < 4.78 is 15.8. The summed E-state index contributed by atoms with van der Waals surface area (Å²) in [6, 6.07) is 19.2. The van der Waals surface area contributed by atoms with E-state index in [4.69, 9.17) is 13.9 Å². The zero-order valence-electron chi connectivity index (χ0n) is 15.5. The van der Waals surface area contributed by atoms with E-state index in [1.165, 1.54) is 12.7 Å². The monoisotopic (exact) mass is 365 g/mol. The fourth-order valence-electron chi connectivity index (χ4n) is 2.75. The van der Waals surface area contributed by atoms with Gasteiger partial charge in [0.05, 0.1) is 26.3 Å². The smallest absolute Gasteiger partial charge is 0.337 e. The van der Waals surface area contributed by atoms with Gasteiger partial charge in [-0.25, -0.2) is 4.79 Å². The maximum absolute atomic E-state index is 11.5. The highest BCUT2D eigenvalue weighted by Crippen LogP contribution is 2.23. The predicted molar refractivity (Wildman–Crippen MR) is 104 cm³/mol. The second-order valence-electron chi connectivity index (χ2n) is 6.11. The molecule has 3 aromatic rings. The molecule has 3 rings (SSSR count). The molecule has 5 nitrogen and oxygen atoms in total. The standard InChI is InChI=1S/C22H23NO4/c1-25-19-9-3-16(4-10-19)13-14-23-15-20-11-12-21(27-20)17-5-7-18(8-6-17)22(24)26-2/h3-12,23H,13-15H2,1-2H3. The van der Waals surface area contributed by atoms with Crippen molar-refractivity contribution in [3.05, 3.63) is 77.6 Å². The van der Waals surface area contributed by atoms with Gasteiger partial charge in [-0.2, -0.15) is 0 Å². The molecular formula is C22H23NO4. The van der Waals surface area contributed by atoms with Crippen LogP contribution in [0.5, 0.6) is 5.75 Å². The highest BCUT2D eigenvalue weighted by molar-refractivity contribution is 5.89. The quantitative estimate of drug-likeness (QED) is 0.482. The Balaban J connectivity index is 1.49. The van der Waals surface area contributed by atoms with E-state index in [-0.39, 0.29) is 5.97 Å². The molecule has 0 atom stereocenters. The first kappa shape index (κ1) is 18.7. The van der Waals surface area contributed by atoms with Gasteiger partial charge in [0.15, 0.2) is 0 Å². The molecule has 140 valence electrons. The van der Waals surface area contributed by atoms with E-state index < -0.39 is 0 Å². The van der Waals surface area contributed by atoms with Crippen LogP contribution in [0.25, 0.3) is 11.3 Å². The summed E-state index contributed by atoms with van der Waals surface area (Å²) in [5.74, 6) is 2.17. The first-order valence-electron chi connectivity index (χ1n) is 8.80. The number of carbonyl (C=O) groups is 1. The van der Waals surface area contributed by atoms with Gasteiger partial charge in [-0.3, -0.25) is 0 Å². The molecule has 2 aromatic carbocycles. The zero-order chi connectivity index (χ0) is 19.1. The van der Waals surface area contributed by atoms with Gasteiger partial charge in [0.2, 0.25) is 0 Å². The minimum absolute atomic E-state index is 0.345. The number of methoxy groups -OCH3 is 2. The lowest BCUT2D eigenvalue weighted by Crippen LogP contribution is -2.16. The lowest BCUT2D eigenvalue weighted by atomic mass is 10.1. The van der Waals surface area contributed by atoms with Crippen molar-refractivity contribution >= 4 is 5.97 Å². The van der Waals surface area contributed by atoms with E-state index in [1.54, 1.807) is 19.2 Å². The number of esters is 1. The molecule has 0 aliphatic rings. The summed E-state index contributed by atoms with van der Waals surface area (Å²) in [7, 11) is 3.04. The fourth-order valence-corrected chi connectivity index (χ4v) is 2.75. The van der Waals surface area contributed by atoms with Crippen LogP contribution in [0.2, 0.25) is 0 Å². The van der Waals surface area contributed by atoms with Crippen LogP contribution in [0.4, 0.5) is 0 Å². The van der Waals surface area contributed by atoms with Crippen LogP contribution in [0.15, 0.2) is 65.1 Å². The number of carbonyl (C=O) groups excluding carboxylic acids is 1. The van der Waals surface area contributed by atoms with Gasteiger partial charge in [0.1, 0.15) is 17.3 Å². The summed E-state index contributed by atoms with van der Waals surface area (Å²) in [6.45, 7) is 1.52. The van der Waals surface area contributed by atoms with Gasteiger partial charge in [-0.1, -0.05) is 24.3 Å². The van der Waals surface area contributed by atoms with Gasteiger partial charge in [-0.05, 0) is 54.9 Å². The average Bonchev–Trinajstić information content (AvgIpc) is 3.20. The lowest BCUT2D eigenvalue weighted by molar-refractivity contribution is 0.0600. The predicted octanol–water partition coefficient (Wildman–Crippen LogP) is 4.07. The molecule has 0 amide bonds. The SMILES string of the molecule is COC(=O)c1ccc(-c2ccc(CNCCc3ccc(OC)cc3)o2)cc1. The van der Waals surface area contributed by atoms with Crippen molar-refractivity contribution in [1.29, 1.82) is 0 Å². The van der Waals surface area contributed by atoms with Crippen molar-refractivity contribution in [3.8, 4) is 17.1 Å². The maximum Gasteiger partial charge on any atom is 0.337 e. The molecule has 0 radical (unpaired) electrons. The van der Waals surface area contributed by atoms with Crippen molar-refractivity contribution in [1.82, 2.24) is 5.32 Å². The number of benzene rings is 2. The van der Waals surface area contributed by atoms with Crippen LogP contribution in [-0.4, -0.2) is 26.7 Å². The molecule has 0 aliphatic heterocycles. The van der Waals surface area contributed by atoms with E-state index in [2.05, 4.69) is 17.4 Å². The normalized spacial score (nSPS) is 10.6. The van der Waals surface area contributed by atoms with E-state index in [9.17, 15) is 4.79 Å². The first-order chi connectivity index (χ1) is 13.2. The summed E-state index contributed by atoms with van der Waals surface area (Å²) in [5, 5.41) is 3.39. The number of hydrogen-bond acceptors (Lipinski definition) is 5. The molecule has 0 aliphatic carbocycles. The molecule has 1 N–H and O–H groups in total. The Kier molecular flexibility index (Phi) is 6.28. The summed E-state index contributed by atoms with van der Waals surface area (Å²) in [6.07, 6.45) is 0.937. The molecule has 27 heavy (non-hydrogen) atoms. The van der Waals surface area contributed by atoms with Crippen molar-refractivity contribution in [3.63, 3.8) is 0 Å². The van der Waals surface area contributed by atoms with Crippen LogP contribution in [-0.2, 0) is 17.7 Å². The Morgan fingerprint density at radius 2 is 1.70 bits per heavy atom. The third kappa shape index (κ3) is 4.99. The zero-order valence-corrected chi connectivity index (χ0v) is 15.5. The van der Waals surface area contributed by atoms with Gasteiger partial charge < -0.3 is 19.2 Å². The largest absolute Gasteiger partial charge is 0.497 e. The summed E-state index contributed by atoms with van der Waals surface area (Å²) in [4.78, 5) is 11.5. The summed E-state index contributed by atoms with van der Waals surface area (Å²) in [5.41, 5.74) is 2.70. The highest BCUT2D eigenvalue weighted by Gasteiger charge is 2.08. The molecular weight excluding hydrogens is 342 g/mol. The minimum Gasteiger partial charge on any atom is -0.497 e. The molecule has 0 fully saturated rings. The van der Waals surface area contributed by atoms with E-state index in [1.807, 2.05) is 36.4 Å². The molecule has 0 unspecified atom stereocenters. The van der Waals surface area contributed by atoms with Crippen molar-refractivity contribution in [2.45, 2.75) is 13.0 Å². The van der Waals surface area contributed by atoms with Crippen molar-refractivity contribution in [2.75, 3.05) is 20.8 Å². The molecule has 1 aromatic heterocycles. The van der Waals surface area contributed by atoms with Gasteiger partial charge in [-0.15, -0.1) is 0 Å². The van der Waals surface area contributed by atoms with Crippen LogP contribution in [0.3, 0.4) is 0 Å². The van der Waals surface area contributed by atoms with Crippen LogP contribution < -0.4 is 10.1 Å². The van der Waals surface area contributed by atoms with E-state index >= 15 is 0 Å². The average molecular weight is 365 g/mol. The van der Waals surface area contributed by atoms with Crippen LogP contribution >= 0.6 is 0 Å². The second kappa shape index (κ2) is 9.05. The molecule has 0 saturated carbocycles. The molecule has 0 saturated heterocycles. The molecule has 5 heteroatoms. The minimum atomic E-state index is -0.345. The lowest BCUT2D eigenvalue weighted by Gasteiger charge is -2.05. The number of ether oxygens (including phenoxy) is 2. The second-order valence-corrected chi connectivity index (χ2v) is 6.11. The molecule has 0 spiro atoms. The number of nitrogens with one attached hydrogen (secondary N) is 1. The Hall–Kier alpha value is -3.05. The van der Waals surface area contributed by atoms with Crippen molar-refractivity contribution in [2.24, 2.45) is 0 Å². The summed E-state index contributed by atoms with van der Waals surface area (Å²) >= 11 is 0. The Labute approximate surface area is 158 Å². The van der Waals surface area contributed by atoms with Gasteiger partial charge in [0.25, 0.3) is 0 Å². The van der Waals surface area contributed by atoms with Crippen molar-refractivity contribution < 1.29 is 18.7 Å². The topological polar surface area (TPSA) is 60.7 Å². The van der Waals surface area contributed by atoms with Gasteiger partial charge >= 0.3 is 5.97 Å². The van der Waals surface area contributed by atoms with Gasteiger partial charge in [0, 0.05) is 5.56 Å². The number of furan rings is 1. The Morgan fingerprint density at radius 3 is 2.37 bits per heavy atom. The fraction of sp³-hybridized carbons (Fsp3) is 0.227. The number of rotatable bonds is 8.